The van der Waals surface area contributed by atoms with Gasteiger partial charge in [-0.25, -0.2) is 4.98 Å². The molecule has 5 nitrogen and oxygen atoms in total. The van der Waals surface area contributed by atoms with Crippen LogP contribution in [0.1, 0.15) is 36.5 Å². The number of H-pyrrole nitrogens is 1. The van der Waals surface area contributed by atoms with Crippen molar-refractivity contribution in [2.75, 3.05) is 11.4 Å². The fourth-order valence-electron chi connectivity index (χ4n) is 2.99. The van der Waals surface area contributed by atoms with Gasteiger partial charge in [0.15, 0.2) is 0 Å². The number of hydrogen-bond donors (Lipinski definition) is 2. The van der Waals surface area contributed by atoms with Crippen LogP contribution in [0.2, 0.25) is 5.02 Å². The van der Waals surface area contributed by atoms with E-state index in [1.54, 1.807) is 11.0 Å². The fourth-order valence-corrected chi connectivity index (χ4v) is 3.18. The molecule has 116 valence electrons. The SMILES string of the molecule is CCCc1cnc([C@@H]2Cc3cc(Cl)ccc3N2C(=O)CN)[nH]1. The smallest absolute Gasteiger partial charge is 0.241 e. The van der Waals surface area contributed by atoms with Crippen molar-refractivity contribution in [3.05, 3.63) is 46.5 Å². The van der Waals surface area contributed by atoms with E-state index in [9.17, 15) is 4.79 Å². The lowest BCUT2D eigenvalue weighted by molar-refractivity contribution is -0.117. The molecule has 3 N–H and O–H groups in total. The minimum Gasteiger partial charge on any atom is -0.344 e. The van der Waals surface area contributed by atoms with Gasteiger partial charge in [0.25, 0.3) is 0 Å². The molecule has 1 aromatic carbocycles. The summed E-state index contributed by atoms with van der Waals surface area (Å²) in [4.78, 5) is 21.8. The van der Waals surface area contributed by atoms with Crippen molar-refractivity contribution in [3.63, 3.8) is 0 Å². The van der Waals surface area contributed by atoms with Gasteiger partial charge in [0, 0.05) is 29.0 Å². The summed E-state index contributed by atoms with van der Waals surface area (Å²) in [5.74, 6) is 0.692. The minimum atomic E-state index is -0.143. The van der Waals surface area contributed by atoms with E-state index in [0.29, 0.717) is 11.4 Å². The Balaban J connectivity index is 1.98. The van der Waals surface area contributed by atoms with E-state index in [0.717, 1.165) is 35.6 Å². The van der Waals surface area contributed by atoms with E-state index in [1.165, 1.54) is 0 Å². The summed E-state index contributed by atoms with van der Waals surface area (Å²) in [6, 6.07) is 5.43. The first kappa shape index (κ1) is 15.1. The number of hydrogen-bond acceptors (Lipinski definition) is 3. The highest BCUT2D eigenvalue weighted by atomic mass is 35.5. The summed E-state index contributed by atoms with van der Waals surface area (Å²) in [7, 11) is 0. The summed E-state index contributed by atoms with van der Waals surface area (Å²) in [5.41, 5.74) is 8.60. The van der Waals surface area contributed by atoms with Crippen molar-refractivity contribution in [3.8, 4) is 0 Å². The highest BCUT2D eigenvalue weighted by Crippen LogP contribution is 2.40. The number of aryl methyl sites for hydroxylation is 1. The number of nitrogens with zero attached hydrogens (tertiary/aromatic N) is 2. The molecule has 1 amide bonds. The zero-order valence-corrected chi connectivity index (χ0v) is 13.2. The van der Waals surface area contributed by atoms with E-state index < -0.39 is 0 Å². The van der Waals surface area contributed by atoms with E-state index >= 15 is 0 Å². The second kappa shape index (κ2) is 6.10. The molecule has 22 heavy (non-hydrogen) atoms. The van der Waals surface area contributed by atoms with Crippen LogP contribution in [0.5, 0.6) is 0 Å². The van der Waals surface area contributed by atoms with Gasteiger partial charge in [0.2, 0.25) is 5.91 Å². The van der Waals surface area contributed by atoms with Gasteiger partial charge in [0.1, 0.15) is 5.82 Å². The van der Waals surface area contributed by atoms with E-state index in [1.807, 2.05) is 18.3 Å². The van der Waals surface area contributed by atoms with Crippen molar-refractivity contribution >= 4 is 23.2 Å². The van der Waals surface area contributed by atoms with Gasteiger partial charge < -0.3 is 15.6 Å². The second-order valence-electron chi connectivity index (χ2n) is 5.50. The maximum atomic E-state index is 12.3. The molecule has 0 spiro atoms. The monoisotopic (exact) mass is 318 g/mol. The number of fused-ring (bicyclic) bond motifs is 1. The molecule has 0 saturated heterocycles. The number of amides is 1. The number of benzene rings is 1. The van der Waals surface area contributed by atoms with Gasteiger partial charge in [-0.3, -0.25) is 4.79 Å². The Morgan fingerprint density at radius 1 is 1.55 bits per heavy atom. The predicted molar refractivity (Wildman–Crippen MR) is 87.0 cm³/mol. The summed E-state index contributed by atoms with van der Waals surface area (Å²) in [5, 5.41) is 0.672. The first-order valence-electron chi connectivity index (χ1n) is 7.48. The first-order valence-corrected chi connectivity index (χ1v) is 7.86. The van der Waals surface area contributed by atoms with Crippen molar-refractivity contribution in [1.82, 2.24) is 9.97 Å². The van der Waals surface area contributed by atoms with Crippen LogP contribution in [0.3, 0.4) is 0 Å². The Morgan fingerprint density at radius 2 is 2.36 bits per heavy atom. The first-order chi connectivity index (χ1) is 10.6. The largest absolute Gasteiger partial charge is 0.344 e. The molecule has 3 rings (SSSR count). The van der Waals surface area contributed by atoms with Crippen molar-refractivity contribution < 1.29 is 4.79 Å². The Labute approximate surface area is 134 Å². The number of imidazole rings is 1. The number of rotatable bonds is 4. The molecule has 0 saturated carbocycles. The van der Waals surface area contributed by atoms with Crippen molar-refractivity contribution in [2.45, 2.75) is 32.2 Å². The topological polar surface area (TPSA) is 75.0 Å². The number of nitrogens with one attached hydrogen (secondary N) is 1. The average Bonchev–Trinajstić information content (AvgIpc) is 3.10. The lowest BCUT2D eigenvalue weighted by atomic mass is 10.1. The van der Waals surface area contributed by atoms with Crippen molar-refractivity contribution in [2.24, 2.45) is 5.73 Å². The molecule has 1 aromatic heterocycles. The summed E-state index contributed by atoms with van der Waals surface area (Å²) in [6.45, 7) is 2.10. The maximum absolute atomic E-state index is 12.3. The number of aromatic nitrogens is 2. The van der Waals surface area contributed by atoms with Gasteiger partial charge in [-0.05, 0) is 30.2 Å². The van der Waals surface area contributed by atoms with Gasteiger partial charge >= 0.3 is 0 Å². The molecule has 1 aliphatic heterocycles. The van der Waals surface area contributed by atoms with Crippen LogP contribution in [0.15, 0.2) is 24.4 Å². The van der Waals surface area contributed by atoms with Crippen molar-refractivity contribution in [1.29, 1.82) is 0 Å². The summed E-state index contributed by atoms with van der Waals surface area (Å²) < 4.78 is 0. The number of carbonyl (C=O) groups excluding carboxylic acids is 1. The molecule has 2 heterocycles. The minimum absolute atomic E-state index is 0.0267. The number of nitrogens with two attached hydrogens (primary N) is 1. The molecular formula is C16H19ClN4O. The van der Waals surface area contributed by atoms with Crippen LogP contribution in [0.25, 0.3) is 0 Å². The van der Waals surface area contributed by atoms with Gasteiger partial charge in [0.05, 0.1) is 12.6 Å². The molecule has 0 unspecified atom stereocenters. The normalized spacial score (nSPS) is 16.9. The molecule has 0 bridgehead atoms. The predicted octanol–water partition coefficient (Wildman–Crippen LogP) is 2.60. The molecule has 0 fully saturated rings. The third-order valence-corrected chi connectivity index (χ3v) is 4.19. The summed E-state index contributed by atoms with van der Waals surface area (Å²) >= 11 is 6.07. The molecular weight excluding hydrogens is 300 g/mol. The van der Waals surface area contributed by atoms with Crippen LogP contribution in [0, 0.1) is 0 Å². The zero-order chi connectivity index (χ0) is 15.7. The molecule has 1 atom stereocenters. The van der Waals surface area contributed by atoms with Gasteiger partial charge in [-0.15, -0.1) is 0 Å². The van der Waals surface area contributed by atoms with Crippen LogP contribution in [-0.4, -0.2) is 22.4 Å². The Hall–Kier alpha value is -1.85. The maximum Gasteiger partial charge on any atom is 0.241 e. The lowest BCUT2D eigenvalue weighted by Gasteiger charge is -2.23. The Bertz CT molecular complexity index is 697. The average molecular weight is 319 g/mol. The number of halogens is 1. The second-order valence-corrected chi connectivity index (χ2v) is 5.94. The number of carbonyl (C=O) groups is 1. The van der Waals surface area contributed by atoms with Crippen LogP contribution in [-0.2, 0) is 17.6 Å². The zero-order valence-electron chi connectivity index (χ0n) is 12.5. The fraction of sp³-hybridized carbons (Fsp3) is 0.375. The van der Waals surface area contributed by atoms with Crippen LogP contribution in [0.4, 0.5) is 5.69 Å². The third kappa shape index (κ3) is 2.62. The van der Waals surface area contributed by atoms with Crippen LogP contribution >= 0.6 is 11.6 Å². The van der Waals surface area contributed by atoms with E-state index in [4.69, 9.17) is 17.3 Å². The third-order valence-electron chi connectivity index (χ3n) is 3.95. The quantitative estimate of drug-likeness (QED) is 0.910. The highest BCUT2D eigenvalue weighted by molar-refractivity contribution is 6.30. The van der Waals surface area contributed by atoms with E-state index in [-0.39, 0.29) is 18.5 Å². The highest BCUT2D eigenvalue weighted by Gasteiger charge is 2.35. The Kier molecular flexibility index (Phi) is 4.18. The van der Waals surface area contributed by atoms with E-state index in [2.05, 4.69) is 16.9 Å². The number of anilines is 1. The summed E-state index contributed by atoms with van der Waals surface area (Å²) in [6.07, 6.45) is 4.54. The standard InChI is InChI=1S/C16H19ClN4O/c1-2-3-12-9-19-16(20-12)14-7-10-6-11(17)4-5-13(10)21(14)15(22)8-18/h4-6,9,14H,2-3,7-8,18H2,1H3,(H,19,20)/t14-/m0/s1. The number of aromatic amines is 1. The molecule has 1 aliphatic rings. The van der Waals surface area contributed by atoms with Gasteiger partial charge in [-0.2, -0.15) is 0 Å². The molecule has 2 aromatic rings. The molecule has 0 aliphatic carbocycles. The Morgan fingerprint density at radius 3 is 3.09 bits per heavy atom. The van der Waals surface area contributed by atoms with Gasteiger partial charge in [-0.1, -0.05) is 24.9 Å². The molecule has 0 radical (unpaired) electrons. The molecule has 6 heteroatoms. The lowest BCUT2D eigenvalue weighted by Crippen LogP contribution is -2.37. The van der Waals surface area contributed by atoms with Crippen LogP contribution < -0.4 is 10.6 Å².